The van der Waals surface area contributed by atoms with Gasteiger partial charge in [0.05, 0.1) is 0 Å². The van der Waals surface area contributed by atoms with Crippen LogP contribution in [0.25, 0.3) is 0 Å². The molecular weight excluding hydrogens is 265 g/mol. The van der Waals surface area contributed by atoms with Gasteiger partial charge in [-0.15, -0.1) is 11.8 Å². The third-order valence-corrected chi connectivity index (χ3v) is 4.63. The first-order valence-corrected chi connectivity index (χ1v) is 7.44. The number of aliphatic carboxylic acids is 1. The number of thioether (sulfide) groups is 1. The first-order valence-electron chi connectivity index (χ1n) is 6.45. The second-order valence-electron chi connectivity index (χ2n) is 4.82. The average molecular weight is 283 g/mol. The third-order valence-electron chi connectivity index (χ3n) is 3.43. The lowest BCUT2D eigenvalue weighted by molar-refractivity contribution is -0.144. The van der Waals surface area contributed by atoms with Crippen molar-refractivity contribution in [2.24, 2.45) is 5.92 Å². The first-order chi connectivity index (χ1) is 9.08. The van der Waals surface area contributed by atoms with Crippen molar-refractivity contribution in [3.63, 3.8) is 0 Å². The van der Waals surface area contributed by atoms with Crippen LogP contribution < -0.4 is 5.32 Å². The summed E-state index contributed by atoms with van der Waals surface area (Å²) in [5, 5.41) is 12.7. The predicted octanol–water partition coefficient (Wildman–Crippen LogP) is 2.76. The molecule has 0 saturated heterocycles. The van der Waals surface area contributed by atoms with Crippen LogP contribution in [0, 0.1) is 11.7 Å². The van der Waals surface area contributed by atoms with E-state index in [4.69, 9.17) is 0 Å². The summed E-state index contributed by atoms with van der Waals surface area (Å²) in [7, 11) is 0. The number of carboxylic acids is 1. The lowest BCUT2D eigenvalue weighted by atomic mass is 9.96. The van der Waals surface area contributed by atoms with Crippen LogP contribution in [0.3, 0.4) is 0 Å². The van der Waals surface area contributed by atoms with Crippen molar-refractivity contribution < 1.29 is 14.3 Å². The van der Waals surface area contributed by atoms with Gasteiger partial charge in [-0.25, -0.2) is 4.39 Å². The summed E-state index contributed by atoms with van der Waals surface area (Å²) in [5.74, 6) is -0.390. The molecule has 1 aliphatic carbocycles. The molecule has 1 aromatic carbocycles. The van der Waals surface area contributed by atoms with Crippen LogP contribution in [0.15, 0.2) is 29.2 Å². The zero-order chi connectivity index (χ0) is 13.9. The maximum atomic E-state index is 12.8. The van der Waals surface area contributed by atoms with E-state index in [1.54, 1.807) is 12.1 Å². The molecule has 3 nitrogen and oxygen atoms in total. The Morgan fingerprint density at radius 3 is 2.58 bits per heavy atom. The van der Waals surface area contributed by atoms with E-state index < -0.39 is 11.5 Å². The van der Waals surface area contributed by atoms with Crippen molar-refractivity contribution >= 4 is 17.7 Å². The summed E-state index contributed by atoms with van der Waals surface area (Å²) < 4.78 is 12.8. The molecule has 1 saturated carbocycles. The largest absolute Gasteiger partial charge is 0.480 e. The Hall–Kier alpha value is -1.07. The molecule has 0 aliphatic heterocycles. The minimum atomic E-state index is -0.853. The van der Waals surface area contributed by atoms with Gasteiger partial charge in [-0.1, -0.05) is 6.92 Å². The molecule has 0 heterocycles. The smallest absolute Gasteiger partial charge is 0.325 e. The van der Waals surface area contributed by atoms with Crippen molar-refractivity contribution in [1.82, 2.24) is 5.32 Å². The van der Waals surface area contributed by atoms with Crippen molar-refractivity contribution in [1.29, 1.82) is 0 Å². The molecule has 2 rings (SSSR count). The van der Waals surface area contributed by atoms with Gasteiger partial charge in [-0.2, -0.15) is 0 Å². The number of halogens is 1. The summed E-state index contributed by atoms with van der Waals surface area (Å²) in [5.41, 5.74) is -0.853. The fourth-order valence-electron chi connectivity index (χ4n) is 2.24. The lowest BCUT2D eigenvalue weighted by Gasteiger charge is -2.30. The Bertz CT molecular complexity index is 447. The molecule has 0 bridgehead atoms. The van der Waals surface area contributed by atoms with Crippen molar-refractivity contribution in [3.8, 4) is 0 Å². The zero-order valence-electron chi connectivity index (χ0n) is 10.9. The number of hydrogen-bond acceptors (Lipinski definition) is 3. The number of rotatable bonds is 7. The van der Waals surface area contributed by atoms with Crippen LogP contribution in [0.2, 0.25) is 0 Å². The summed E-state index contributed by atoms with van der Waals surface area (Å²) in [6.45, 7) is 2.55. The van der Waals surface area contributed by atoms with E-state index >= 15 is 0 Å². The van der Waals surface area contributed by atoms with Gasteiger partial charge >= 0.3 is 5.97 Å². The van der Waals surface area contributed by atoms with E-state index in [1.165, 1.54) is 23.9 Å². The minimum Gasteiger partial charge on any atom is -0.480 e. The van der Waals surface area contributed by atoms with Crippen LogP contribution in [-0.4, -0.2) is 28.9 Å². The molecule has 1 fully saturated rings. The van der Waals surface area contributed by atoms with Gasteiger partial charge in [0.2, 0.25) is 0 Å². The van der Waals surface area contributed by atoms with E-state index in [0.717, 1.165) is 17.7 Å². The van der Waals surface area contributed by atoms with E-state index in [1.807, 2.05) is 6.92 Å². The quantitative estimate of drug-likeness (QED) is 0.756. The number of likely N-dealkylation sites (N-methyl/N-ethyl adjacent to an activating group) is 1. The van der Waals surface area contributed by atoms with Crippen LogP contribution >= 0.6 is 11.8 Å². The maximum Gasteiger partial charge on any atom is 0.325 e. The standard InChI is InChI=1S/C14H18FNO2S/c1-2-16-14(13(17)18,10-3-4-10)9-19-12-7-5-11(15)6-8-12/h5-8,10,16H,2-4,9H2,1H3,(H,17,18). The maximum absolute atomic E-state index is 12.8. The van der Waals surface area contributed by atoms with Crippen LogP contribution in [0.1, 0.15) is 19.8 Å². The van der Waals surface area contributed by atoms with Crippen LogP contribution in [0.4, 0.5) is 4.39 Å². The molecule has 0 spiro atoms. The first kappa shape index (κ1) is 14.3. The Morgan fingerprint density at radius 2 is 2.11 bits per heavy atom. The Morgan fingerprint density at radius 1 is 1.47 bits per heavy atom. The fourth-order valence-corrected chi connectivity index (χ4v) is 3.43. The summed E-state index contributed by atoms with van der Waals surface area (Å²) >= 11 is 1.46. The topological polar surface area (TPSA) is 49.3 Å². The molecule has 19 heavy (non-hydrogen) atoms. The van der Waals surface area contributed by atoms with E-state index in [-0.39, 0.29) is 11.7 Å². The summed E-state index contributed by atoms with van der Waals surface area (Å²) in [6, 6.07) is 6.17. The lowest BCUT2D eigenvalue weighted by Crippen LogP contribution is -2.56. The molecule has 2 N–H and O–H groups in total. The number of carbonyl (C=O) groups is 1. The fraction of sp³-hybridized carbons (Fsp3) is 0.500. The molecule has 0 radical (unpaired) electrons. The molecular formula is C14H18FNO2S. The van der Waals surface area contributed by atoms with E-state index in [2.05, 4.69) is 5.32 Å². The van der Waals surface area contributed by atoms with E-state index in [0.29, 0.717) is 12.3 Å². The predicted molar refractivity (Wildman–Crippen MR) is 73.9 cm³/mol. The molecule has 1 aromatic rings. The second kappa shape index (κ2) is 5.92. The van der Waals surface area contributed by atoms with Crippen molar-refractivity contribution in [3.05, 3.63) is 30.1 Å². The normalized spacial score (nSPS) is 18.0. The van der Waals surface area contributed by atoms with Gasteiger partial charge in [0.25, 0.3) is 0 Å². The monoisotopic (exact) mass is 283 g/mol. The number of nitrogens with one attached hydrogen (secondary N) is 1. The highest BCUT2D eigenvalue weighted by molar-refractivity contribution is 7.99. The average Bonchev–Trinajstić information content (AvgIpc) is 3.20. The van der Waals surface area contributed by atoms with Crippen molar-refractivity contribution in [2.75, 3.05) is 12.3 Å². The molecule has 104 valence electrons. The summed E-state index contributed by atoms with van der Waals surface area (Å²) in [6.07, 6.45) is 1.92. The highest BCUT2D eigenvalue weighted by atomic mass is 32.2. The van der Waals surface area contributed by atoms with Gasteiger partial charge in [0.1, 0.15) is 11.4 Å². The molecule has 1 aliphatic rings. The van der Waals surface area contributed by atoms with Gasteiger partial charge < -0.3 is 10.4 Å². The Labute approximate surface area is 116 Å². The molecule has 1 unspecified atom stereocenters. The van der Waals surface area contributed by atoms with Gasteiger partial charge in [-0.3, -0.25) is 4.79 Å². The Balaban J connectivity index is 2.07. The highest BCUT2D eigenvalue weighted by Gasteiger charge is 2.50. The van der Waals surface area contributed by atoms with Crippen molar-refractivity contribution in [2.45, 2.75) is 30.2 Å². The van der Waals surface area contributed by atoms with Gasteiger partial charge in [-0.05, 0) is 49.6 Å². The number of hydrogen-bond donors (Lipinski definition) is 2. The van der Waals surface area contributed by atoms with Crippen LogP contribution in [-0.2, 0) is 4.79 Å². The number of carboxylic acid groups (broad SMARTS) is 1. The van der Waals surface area contributed by atoms with Crippen LogP contribution in [0.5, 0.6) is 0 Å². The molecule has 0 aromatic heterocycles. The second-order valence-corrected chi connectivity index (χ2v) is 5.87. The highest BCUT2D eigenvalue weighted by Crippen LogP contribution is 2.42. The minimum absolute atomic E-state index is 0.206. The third kappa shape index (κ3) is 3.28. The SMILES string of the molecule is CCNC(CSc1ccc(F)cc1)(C(=O)O)C1CC1. The zero-order valence-corrected chi connectivity index (χ0v) is 11.7. The molecule has 0 amide bonds. The van der Waals surface area contributed by atoms with E-state index in [9.17, 15) is 14.3 Å². The van der Waals surface area contributed by atoms with Gasteiger partial charge in [0.15, 0.2) is 0 Å². The molecule has 1 atom stereocenters. The Kier molecular flexibility index (Phi) is 4.47. The number of benzene rings is 1. The van der Waals surface area contributed by atoms with Gasteiger partial charge in [0, 0.05) is 10.6 Å². The molecule has 5 heteroatoms. The summed E-state index contributed by atoms with van der Waals surface area (Å²) in [4.78, 5) is 12.5.